The molecule has 8 heteroatoms. The summed E-state index contributed by atoms with van der Waals surface area (Å²) in [6.07, 6.45) is 9.09. The van der Waals surface area contributed by atoms with E-state index in [1.165, 1.54) is 0 Å². The lowest BCUT2D eigenvalue weighted by atomic mass is 10.1. The van der Waals surface area contributed by atoms with Crippen LogP contribution in [0.1, 0.15) is 5.56 Å². The normalized spacial score (nSPS) is 10.9. The van der Waals surface area contributed by atoms with Gasteiger partial charge in [0.15, 0.2) is 0 Å². The first kappa shape index (κ1) is 21.4. The molecule has 0 amide bonds. The number of aryl methyl sites for hydroxylation is 1. The van der Waals surface area contributed by atoms with Crippen molar-refractivity contribution in [2.45, 2.75) is 6.54 Å². The van der Waals surface area contributed by atoms with Crippen molar-refractivity contribution in [1.29, 1.82) is 0 Å². The highest BCUT2D eigenvalue weighted by molar-refractivity contribution is 5.82. The Kier molecular flexibility index (Phi) is 5.78. The van der Waals surface area contributed by atoms with Crippen LogP contribution in [0.4, 0.5) is 11.4 Å². The molecule has 0 unspecified atom stereocenters. The summed E-state index contributed by atoms with van der Waals surface area (Å²) in [6.45, 7) is 0.625. The van der Waals surface area contributed by atoms with Gasteiger partial charge in [0.05, 0.1) is 43.3 Å². The van der Waals surface area contributed by atoms with Gasteiger partial charge in [0.1, 0.15) is 11.5 Å². The first-order valence-electron chi connectivity index (χ1n) is 10.8. The van der Waals surface area contributed by atoms with Crippen LogP contribution in [0.25, 0.3) is 22.3 Å². The first-order valence-corrected chi connectivity index (χ1v) is 10.8. The molecular weight excluding hydrogens is 428 g/mol. The van der Waals surface area contributed by atoms with Gasteiger partial charge in [-0.15, -0.1) is 0 Å². The van der Waals surface area contributed by atoms with E-state index >= 15 is 0 Å². The maximum absolute atomic E-state index is 5.52. The molecule has 0 fully saturated rings. The molecule has 34 heavy (non-hydrogen) atoms. The summed E-state index contributed by atoms with van der Waals surface area (Å²) >= 11 is 0. The Morgan fingerprint density at radius 1 is 0.853 bits per heavy atom. The number of fused-ring (bicyclic) bond motifs is 1. The van der Waals surface area contributed by atoms with E-state index in [9.17, 15) is 0 Å². The van der Waals surface area contributed by atoms with Crippen molar-refractivity contribution in [3.63, 3.8) is 0 Å². The molecule has 0 saturated heterocycles. The third-order valence-corrected chi connectivity index (χ3v) is 5.58. The van der Waals surface area contributed by atoms with Gasteiger partial charge >= 0.3 is 0 Å². The fourth-order valence-electron chi connectivity index (χ4n) is 3.81. The summed E-state index contributed by atoms with van der Waals surface area (Å²) in [7, 11) is 5.18. The third-order valence-electron chi connectivity index (χ3n) is 5.58. The van der Waals surface area contributed by atoms with Crippen LogP contribution in [0.3, 0.4) is 0 Å². The molecule has 5 aromatic rings. The predicted molar refractivity (Wildman–Crippen MR) is 131 cm³/mol. The molecule has 0 aliphatic carbocycles. The van der Waals surface area contributed by atoms with Gasteiger partial charge in [-0.25, -0.2) is 4.98 Å². The number of hydrogen-bond acceptors (Lipinski definition) is 7. The van der Waals surface area contributed by atoms with Gasteiger partial charge in [0, 0.05) is 67.3 Å². The molecule has 3 aromatic heterocycles. The molecular formula is C26H24N6O2. The molecule has 5 rings (SSSR count). The predicted octanol–water partition coefficient (Wildman–Crippen LogP) is 4.78. The Morgan fingerprint density at radius 2 is 1.62 bits per heavy atom. The molecule has 170 valence electrons. The lowest BCUT2D eigenvalue weighted by molar-refractivity contribution is 0.394. The standard InChI is InChI=1S/C26H24N6O2/c1-31-17-19(14-29-31)26-15-28-24-5-4-20(12-25(24)30-26)32(16-18-6-8-27-9-7-18)21-10-22(33-2)13-23(11-21)34-3/h4-15,17H,16H2,1-3H3. The zero-order chi connectivity index (χ0) is 23.5. The highest BCUT2D eigenvalue weighted by Crippen LogP contribution is 2.35. The minimum Gasteiger partial charge on any atom is -0.497 e. The molecule has 3 heterocycles. The second kappa shape index (κ2) is 9.19. The van der Waals surface area contributed by atoms with Crippen LogP contribution >= 0.6 is 0 Å². The molecule has 8 nitrogen and oxygen atoms in total. The Bertz CT molecular complexity index is 1410. The van der Waals surface area contributed by atoms with Gasteiger partial charge in [0.25, 0.3) is 0 Å². The topological polar surface area (TPSA) is 78.2 Å². The number of pyridine rings is 1. The van der Waals surface area contributed by atoms with Crippen LogP contribution < -0.4 is 14.4 Å². The number of methoxy groups -OCH3 is 2. The average molecular weight is 453 g/mol. The number of aromatic nitrogens is 5. The molecule has 0 radical (unpaired) electrons. The number of nitrogens with zero attached hydrogens (tertiary/aromatic N) is 6. The van der Waals surface area contributed by atoms with Gasteiger partial charge in [-0.1, -0.05) is 0 Å². The second-order valence-corrected chi connectivity index (χ2v) is 7.84. The zero-order valence-corrected chi connectivity index (χ0v) is 19.2. The maximum Gasteiger partial charge on any atom is 0.124 e. The fourth-order valence-corrected chi connectivity index (χ4v) is 3.81. The van der Waals surface area contributed by atoms with Gasteiger partial charge in [-0.2, -0.15) is 5.10 Å². The molecule has 0 aliphatic heterocycles. The van der Waals surface area contributed by atoms with Gasteiger partial charge in [0.2, 0.25) is 0 Å². The fraction of sp³-hybridized carbons (Fsp3) is 0.154. The summed E-state index contributed by atoms with van der Waals surface area (Å²) in [5, 5.41) is 4.25. The van der Waals surface area contributed by atoms with E-state index < -0.39 is 0 Å². The summed E-state index contributed by atoms with van der Waals surface area (Å²) in [6, 6.07) is 15.9. The van der Waals surface area contributed by atoms with E-state index in [1.807, 2.05) is 55.7 Å². The van der Waals surface area contributed by atoms with Gasteiger partial charge < -0.3 is 14.4 Å². The summed E-state index contributed by atoms with van der Waals surface area (Å²) in [5.74, 6) is 1.43. The van der Waals surface area contributed by atoms with Crippen molar-refractivity contribution < 1.29 is 9.47 Å². The van der Waals surface area contributed by atoms with Crippen molar-refractivity contribution in [2.75, 3.05) is 19.1 Å². The van der Waals surface area contributed by atoms with Crippen LogP contribution in [-0.2, 0) is 13.6 Å². The van der Waals surface area contributed by atoms with Crippen LogP contribution in [0, 0.1) is 0 Å². The van der Waals surface area contributed by atoms with E-state index in [-0.39, 0.29) is 0 Å². The lowest BCUT2D eigenvalue weighted by Gasteiger charge is -2.26. The Morgan fingerprint density at radius 3 is 2.29 bits per heavy atom. The Labute approximate surface area is 197 Å². The van der Waals surface area contributed by atoms with Gasteiger partial charge in [-0.3, -0.25) is 14.6 Å². The number of ether oxygens (including phenoxy) is 2. The molecule has 0 aliphatic rings. The van der Waals surface area contributed by atoms with E-state index in [4.69, 9.17) is 14.5 Å². The SMILES string of the molecule is COc1cc(OC)cc(N(Cc2ccncc2)c2ccc3ncc(-c4cnn(C)c4)nc3c2)c1. The van der Waals surface area contributed by atoms with Crippen molar-refractivity contribution in [3.05, 3.63) is 85.1 Å². The third kappa shape index (κ3) is 4.38. The van der Waals surface area contributed by atoms with Crippen LogP contribution in [0.5, 0.6) is 11.5 Å². The first-order chi connectivity index (χ1) is 16.6. The molecule has 0 spiro atoms. The van der Waals surface area contributed by atoms with E-state index in [0.29, 0.717) is 18.0 Å². The van der Waals surface area contributed by atoms with Crippen molar-refractivity contribution in [2.24, 2.45) is 7.05 Å². The summed E-state index contributed by atoms with van der Waals surface area (Å²) in [5.41, 5.74) is 6.35. The number of anilines is 2. The van der Waals surface area contributed by atoms with Crippen LogP contribution in [-0.4, -0.2) is 39.0 Å². The largest absolute Gasteiger partial charge is 0.497 e. The number of benzene rings is 2. The van der Waals surface area contributed by atoms with Crippen molar-refractivity contribution in [1.82, 2.24) is 24.7 Å². The summed E-state index contributed by atoms with van der Waals surface area (Å²) < 4.78 is 12.8. The molecule has 0 atom stereocenters. The molecule has 0 N–H and O–H groups in total. The van der Waals surface area contributed by atoms with E-state index in [1.54, 1.807) is 43.7 Å². The summed E-state index contributed by atoms with van der Waals surface area (Å²) in [4.78, 5) is 15.8. The smallest absolute Gasteiger partial charge is 0.124 e. The lowest BCUT2D eigenvalue weighted by Crippen LogP contribution is -2.17. The molecule has 0 saturated carbocycles. The van der Waals surface area contributed by atoms with Crippen molar-refractivity contribution in [3.8, 4) is 22.8 Å². The van der Waals surface area contributed by atoms with E-state index in [2.05, 4.69) is 26.0 Å². The van der Waals surface area contributed by atoms with Gasteiger partial charge in [-0.05, 0) is 35.9 Å². The number of hydrogen-bond donors (Lipinski definition) is 0. The molecule has 2 aromatic carbocycles. The monoisotopic (exact) mass is 452 g/mol. The quantitative estimate of drug-likeness (QED) is 0.352. The van der Waals surface area contributed by atoms with Crippen LogP contribution in [0.15, 0.2) is 79.5 Å². The number of rotatable bonds is 7. The van der Waals surface area contributed by atoms with Crippen molar-refractivity contribution >= 4 is 22.4 Å². The highest BCUT2D eigenvalue weighted by atomic mass is 16.5. The Hall–Kier alpha value is -4.46. The second-order valence-electron chi connectivity index (χ2n) is 7.84. The highest BCUT2D eigenvalue weighted by Gasteiger charge is 2.15. The Balaban J connectivity index is 1.62. The minimum absolute atomic E-state index is 0.625. The van der Waals surface area contributed by atoms with E-state index in [0.717, 1.165) is 39.2 Å². The minimum atomic E-state index is 0.625. The molecule has 0 bridgehead atoms. The average Bonchev–Trinajstić information content (AvgIpc) is 3.33. The zero-order valence-electron chi connectivity index (χ0n) is 19.2. The maximum atomic E-state index is 5.52. The van der Waals surface area contributed by atoms with Crippen LogP contribution in [0.2, 0.25) is 0 Å².